The SMILES string of the molecule is CCOC(=O)C1C=Nc2ccccc2N1. The Hall–Kier alpha value is -1.84. The molecule has 0 radical (unpaired) electrons. The number of carbonyl (C=O) groups excluding carboxylic acids is 1. The maximum absolute atomic E-state index is 11.4. The lowest BCUT2D eigenvalue weighted by Gasteiger charge is -2.19. The molecule has 0 spiro atoms. The number of carbonyl (C=O) groups is 1. The Bertz CT molecular complexity index is 401. The van der Waals surface area contributed by atoms with Gasteiger partial charge in [0.15, 0.2) is 6.04 Å². The molecular formula is C11H12N2O2. The van der Waals surface area contributed by atoms with Gasteiger partial charge in [-0.1, -0.05) is 12.1 Å². The first kappa shape index (κ1) is 9.71. The van der Waals surface area contributed by atoms with Crippen LogP contribution < -0.4 is 5.32 Å². The molecule has 1 aromatic rings. The standard InChI is InChI=1S/C11H12N2O2/c1-2-15-11(14)10-7-12-8-5-3-4-6-9(8)13-10/h3-7,10,13H,2H2,1H3. The molecule has 4 nitrogen and oxygen atoms in total. The van der Waals surface area contributed by atoms with Crippen LogP contribution in [0.25, 0.3) is 0 Å². The fourth-order valence-corrected chi connectivity index (χ4v) is 1.42. The zero-order chi connectivity index (χ0) is 10.7. The van der Waals surface area contributed by atoms with Crippen LogP contribution in [0.3, 0.4) is 0 Å². The van der Waals surface area contributed by atoms with Crippen LogP contribution in [-0.4, -0.2) is 24.8 Å². The van der Waals surface area contributed by atoms with Gasteiger partial charge in [0.2, 0.25) is 0 Å². The van der Waals surface area contributed by atoms with Gasteiger partial charge in [-0.05, 0) is 19.1 Å². The second-order valence-corrected chi connectivity index (χ2v) is 3.17. The fourth-order valence-electron chi connectivity index (χ4n) is 1.42. The summed E-state index contributed by atoms with van der Waals surface area (Å²) in [5.74, 6) is -0.296. The minimum atomic E-state index is -0.472. The van der Waals surface area contributed by atoms with E-state index in [-0.39, 0.29) is 5.97 Å². The third kappa shape index (κ3) is 1.98. The number of esters is 1. The number of nitrogens with one attached hydrogen (secondary N) is 1. The van der Waals surface area contributed by atoms with Crippen molar-refractivity contribution in [1.29, 1.82) is 0 Å². The van der Waals surface area contributed by atoms with Gasteiger partial charge in [0.25, 0.3) is 0 Å². The highest BCUT2D eigenvalue weighted by Crippen LogP contribution is 2.27. The molecule has 15 heavy (non-hydrogen) atoms. The van der Waals surface area contributed by atoms with Crippen LogP contribution >= 0.6 is 0 Å². The van der Waals surface area contributed by atoms with E-state index in [1.165, 1.54) is 0 Å². The number of hydrogen-bond acceptors (Lipinski definition) is 4. The van der Waals surface area contributed by atoms with E-state index in [2.05, 4.69) is 10.3 Å². The van der Waals surface area contributed by atoms with E-state index in [0.717, 1.165) is 11.4 Å². The minimum absolute atomic E-state index is 0.296. The van der Waals surface area contributed by atoms with Crippen LogP contribution in [0, 0.1) is 0 Å². The third-order valence-corrected chi connectivity index (χ3v) is 2.12. The molecule has 1 heterocycles. The van der Waals surface area contributed by atoms with Crippen LogP contribution in [0.1, 0.15) is 6.92 Å². The molecule has 1 aromatic carbocycles. The van der Waals surface area contributed by atoms with Crippen molar-refractivity contribution in [1.82, 2.24) is 0 Å². The van der Waals surface area contributed by atoms with Gasteiger partial charge in [0, 0.05) is 6.21 Å². The number of nitrogens with zero attached hydrogens (tertiary/aromatic N) is 1. The minimum Gasteiger partial charge on any atom is -0.464 e. The second-order valence-electron chi connectivity index (χ2n) is 3.17. The van der Waals surface area contributed by atoms with Crippen molar-refractivity contribution in [2.75, 3.05) is 11.9 Å². The number of fused-ring (bicyclic) bond motifs is 1. The molecule has 1 atom stereocenters. The average Bonchev–Trinajstić information content (AvgIpc) is 2.29. The van der Waals surface area contributed by atoms with Crippen LogP contribution in [0.2, 0.25) is 0 Å². The van der Waals surface area contributed by atoms with Gasteiger partial charge in [0.1, 0.15) is 0 Å². The van der Waals surface area contributed by atoms with Gasteiger partial charge in [-0.3, -0.25) is 4.99 Å². The Morgan fingerprint density at radius 3 is 3.13 bits per heavy atom. The molecule has 0 aromatic heterocycles. The molecule has 0 saturated heterocycles. The molecule has 1 aliphatic heterocycles. The first-order valence-electron chi connectivity index (χ1n) is 4.87. The average molecular weight is 204 g/mol. The Labute approximate surface area is 88.0 Å². The topological polar surface area (TPSA) is 50.7 Å². The molecule has 0 fully saturated rings. The molecule has 1 N–H and O–H groups in total. The number of aliphatic imine (C=N–C) groups is 1. The van der Waals surface area contributed by atoms with Gasteiger partial charge < -0.3 is 10.1 Å². The zero-order valence-corrected chi connectivity index (χ0v) is 8.43. The van der Waals surface area contributed by atoms with E-state index in [4.69, 9.17) is 4.74 Å². The Morgan fingerprint density at radius 2 is 2.33 bits per heavy atom. The first-order chi connectivity index (χ1) is 7.31. The van der Waals surface area contributed by atoms with Crippen molar-refractivity contribution >= 4 is 23.6 Å². The molecule has 0 amide bonds. The molecule has 0 saturated carbocycles. The molecular weight excluding hydrogens is 192 g/mol. The number of para-hydroxylation sites is 2. The molecule has 1 aliphatic rings. The predicted octanol–water partition coefficient (Wildman–Crippen LogP) is 1.75. The molecule has 4 heteroatoms. The highest BCUT2D eigenvalue weighted by molar-refractivity contribution is 6.01. The summed E-state index contributed by atoms with van der Waals surface area (Å²) in [4.78, 5) is 15.6. The van der Waals surface area contributed by atoms with Crippen LogP contribution in [0.4, 0.5) is 11.4 Å². The number of hydrogen-bond donors (Lipinski definition) is 1. The fraction of sp³-hybridized carbons (Fsp3) is 0.273. The van der Waals surface area contributed by atoms with E-state index >= 15 is 0 Å². The summed E-state index contributed by atoms with van der Waals surface area (Å²) in [6.07, 6.45) is 1.57. The van der Waals surface area contributed by atoms with Crippen molar-refractivity contribution in [2.24, 2.45) is 4.99 Å². The molecule has 2 rings (SSSR count). The monoisotopic (exact) mass is 204 g/mol. The first-order valence-corrected chi connectivity index (χ1v) is 4.87. The molecule has 0 aliphatic carbocycles. The Morgan fingerprint density at radius 1 is 1.53 bits per heavy atom. The molecule has 78 valence electrons. The van der Waals surface area contributed by atoms with E-state index in [9.17, 15) is 4.79 Å². The zero-order valence-electron chi connectivity index (χ0n) is 8.43. The van der Waals surface area contributed by atoms with Gasteiger partial charge in [-0.2, -0.15) is 0 Å². The summed E-state index contributed by atoms with van der Waals surface area (Å²) in [6, 6.07) is 7.11. The summed E-state index contributed by atoms with van der Waals surface area (Å²) in [5.41, 5.74) is 1.70. The Balaban J connectivity index is 2.15. The lowest BCUT2D eigenvalue weighted by atomic mass is 10.2. The predicted molar refractivity (Wildman–Crippen MR) is 58.6 cm³/mol. The van der Waals surface area contributed by atoms with Crippen molar-refractivity contribution in [3.05, 3.63) is 24.3 Å². The summed E-state index contributed by atoms with van der Waals surface area (Å²) >= 11 is 0. The summed E-state index contributed by atoms with van der Waals surface area (Å²) in [7, 11) is 0. The van der Waals surface area contributed by atoms with Crippen molar-refractivity contribution in [3.8, 4) is 0 Å². The van der Waals surface area contributed by atoms with Crippen molar-refractivity contribution in [3.63, 3.8) is 0 Å². The van der Waals surface area contributed by atoms with E-state index in [0.29, 0.717) is 6.61 Å². The van der Waals surface area contributed by atoms with E-state index < -0.39 is 6.04 Å². The van der Waals surface area contributed by atoms with Gasteiger partial charge >= 0.3 is 5.97 Å². The summed E-state index contributed by atoms with van der Waals surface area (Å²) < 4.78 is 4.90. The van der Waals surface area contributed by atoms with Crippen LogP contribution in [-0.2, 0) is 9.53 Å². The summed E-state index contributed by atoms with van der Waals surface area (Å²) in [6.45, 7) is 2.16. The normalized spacial score (nSPS) is 17.8. The largest absolute Gasteiger partial charge is 0.464 e. The second kappa shape index (κ2) is 4.13. The highest BCUT2D eigenvalue weighted by atomic mass is 16.5. The lowest BCUT2D eigenvalue weighted by Crippen LogP contribution is -2.34. The van der Waals surface area contributed by atoms with E-state index in [1.54, 1.807) is 13.1 Å². The summed E-state index contributed by atoms with van der Waals surface area (Å²) in [5, 5.41) is 3.06. The van der Waals surface area contributed by atoms with E-state index in [1.807, 2.05) is 24.3 Å². The maximum Gasteiger partial charge on any atom is 0.334 e. The number of anilines is 1. The van der Waals surface area contributed by atoms with Gasteiger partial charge in [0.05, 0.1) is 18.0 Å². The van der Waals surface area contributed by atoms with Crippen LogP contribution in [0.15, 0.2) is 29.3 Å². The maximum atomic E-state index is 11.4. The van der Waals surface area contributed by atoms with Crippen LogP contribution in [0.5, 0.6) is 0 Å². The molecule has 1 unspecified atom stereocenters. The lowest BCUT2D eigenvalue weighted by molar-refractivity contribution is -0.142. The number of rotatable bonds is 2. The quantitative estimate of drug-likeness (QED) is 0.746. The van der Waals surface area contributed by atoms with Crippen molar-refractivity contribution < 1.29 is 9.53 Å². The third-order valence-electron chi connectivity index (χ3n) is 2.12. The van der Waals surface area contributed by atoms with Gasteiger partial charge in [-0.25, -0.2) is 4.79 Å². The van der Waals surface area contributed by atoms with Crippen molar-refractivity contribution in [2.45, 2.75) is 13.0 Å². The molecule has 0 bridgehead atoms. The van der Waals surface area contributed by atoms with Gasteiger partial charge in [-0.15, -0.1) is 0 Å². The number of ether oxygens (including phenoxy) is 1. The Kier molecular flexibility index (Phi) is 2.67. The number of benzene rings is 1. The highest BCUT2D eigenvalue weighted by Gasteiger charge is 2.21. The smallest absolute Gasteiger partial charge is 0.334 e.